The number of carbonyl (C=O) groups is 4. The van der Waals surface area contributed by atoms with Crippen LogP contribution in [0.5, 0.6) is 0 Å². The Morgan fingerprint density at radius 2 is 0.529 bits per heavy atom. The van der Waals surface area contributed by atoms with Crippen LogP contribution in [0.25, 0.3) is 0 Å². The standard InChI is InChI=1S/4C2H4O2.H3N/c4*1-2(3)4;/h4*1H3,(H,3,4);1H3. The Kier molecular flexibility index (Phi) is 40.7. The van der Waals surface area contributed by atoms with Gasteiger partial charge >= 0.3 is 0 Å². The van der Waals surface area contributed by atoms with Crippen molar-refractivity contribution >= 4 is 23.9 Å². The van der Waals surface area contributed by atoms with Gasteiger partial charge in [0.05, 0.1) is 0 Å². The molecule has 0 bridgehead atoms. The third-order valence-electron chi connectivity index (χ3n) is 0. The van der Waals surface area contributed by atoms with E-state index in [0.717, 1.165) is 27.7 Å². The summed E-state index contributed by atoms with van der Waals surface area (Å²) in [6, 6.07) is 0. The van der Waals surface area contributed by atoms with E-state index in [9.17, 15) is 0 Å². The summed E-state index contributed by atoms with van der Waals surface area (Å²) >= 11 is 0. The van der Waals surface area contributed by atoms with Crippen molar-refractivity contribution in [2.75, 3.05) is 0 Å². The van der Waals surface area contributed by atoms with Crippen molar-refractivity contribution < 1.29 is 39.6 Å². The van der Waals surface area contributed by atoms with Gasteiger partial charge in [-0.3, -0.25) is 19.2 Å². The van der Waals surface area contributed by atoms with Crippen LogP contribution in [0.1, 0.15) is 27.7 Å². The highest BCUT2D eigenvalue weighted by Crippen LogP contribution is 1.43. The van der Waals surface area contributed by atoms with Crippen LogP contribution in [0.2, 0.25) is 0 Å². The fourth-order valence-electron chi connectivity index (χ4n) is 0. The molecule has 0 radical (unpaired) electrons. The zero-order valence-electron chi connectivity index (χ0n) is 10.1. The predicted molar refractivity (Wildman–Crippen MR) is 58.3 cm³/mol. The fraction of sp³-hybridized carbons (Fsp3) is 0.500. The zero-order valence-corrected chi connectivity index (χ0v) is 10.1. The molecule has 0 saturated carbocycles. The first-order valence-electron chi connectivity index (χ1n) is 3.71. The number of hydrogen-bond acceptors (Lipinski definition) is 5. The van der Waals surface area contributed by atoms with Crippen LogP contribution in [-0.4, -0.2) is 44.3 Å². The monoisotopic (exact) mass is 257 g/mol. The van der Waals surface area contributed by atoms with Crippen molar-refractivity contribution in [3.05, 3.63) is 0 Å². The van der Waals surface area contributed by atoms with Crippen molar-refractivity contribution in [2.24, 2.45) is 0 Å². The summed E-state index contributed by atoms with van der Waals surface area (Å²) in [5.74, 6) is -3.33. The number of carboxylic acid groups (broad SMARTS) is 4. The van der Waals surface area contributed by atoms with E-state index in [2.05, 4.69) is 0 Å². The average molecular weight is 257 g/mol. The quantitative estimate of drug-likeness (QED) is 0.412. The number of aliphatic carboxylic acids is 4. The predicted octanol–water partition coefficient (Wildman–Crippen LogP) is 0.526. The Labute approximate surface area is 98.3 Å². The Morgan fingerprint density at radius 1 is 0.529 bits per heavy atom. The summed E-state index contributed by atoms with van der Waals surface area (Å²) in [6.07, 6.45) is 0. The minimum atomic E-state index is -0.833. The Morgan fingerprint density at radius 3 is 0.529 bits per heavy atom. The van der Waals surface area contributed by atoms with Crippen LogP contribution in [0.15, 0.2) is 0 Å². The smallest absolute Gasteiger partial charge is 0.300 e. The van der Waals surface area contributed by atoms with Crippen LogP contribution >= 0.6 is 0 Å². The molecule has 104 valence electrons. The first-order chi connectivity index (χ1) is 6.93. The summed E-state index contributed by atoms with van der Waals surface area (Å²) in [7, 11) is 0. The van der Waals surface area contributed by atoms with Crippen LogP contribution in [-0.2, 0) is 19.2 Å². The molecule has 0 rings (SSSR count). The summed E-state index contributed by atoms with van der Waals surface area (Å²) in [6.45, 7) is 4.33. The van der Waals surface area contributed by atoms with Gasteiger partial charge in [-0.05, 0) is 0 Å². The maximum atomic E-state index is 9.00. The summed E-state index contributed by atoms with van der Waals surface area (Å²) in [5.41, 5.74) is 0. The molecular formula is C8H19NO8. The first-order valence-corrected chi connectivity index (χ1v) is 3.71. The Balaban J connectivity index is -0.0000000369. The number of rotatable bonds is 0. The maximum absolute atomic E-state index is 9.00. The Bertz CT molecular complexity index is 162. The lowest BCUT2D eigenvalue weighted by Crippen LogP contribution is -1.78. The van der Waals surface area contributed by atoms with Gasteiger partial charge in [-0.15, -0.1) is 0 Å². The van der Waals surface area contributed by atoms with E-state index in [4.69, 9.17) is 39.6 Å². The van der Waals surface area contributed by atoms with Crippen LogP contribution in [0.3, 0.4) is 0 Å². The summed E-state index contributed by atoms with van der Waals surface area (Å²) < 4.78 is 0. The largest absolute Gasteiger partial charge is 0.481 e. The second-order valence-electron chi connectivity index (χ2n) is 2.08. The van der Waals surface area contributed by atoms with E-state index in [-0.39, 0.29) is 6.15 Å². The maximum Gasteiger partial charge on any atom is 0.300 e. The van der Waals surface area contributed by atoms with Crippen molar-refractivity contribution in [1.29, 1.82) is 0 Å². The van der Waals surface area contributed by atoms with Gasteiger partial charge in [-0.25, -0.2) is 0 Å². The molecule has 0 fully saturated rings. The van der Waals surface area contributed by atoms with Gasteiger partial charge in [0.2, 0.25) is 0 Å². The van der Waals surface area contributed by atoms with E-state index < -0.39 is 23.9 Å². The molecule has 0 amide bonds. The highest BCUT2D eigenvalue weighted by Gasteiger charge is 1.66. The van der Waals surface area contributed by atoms with Gasteiger partial charge in [0.1, 0.15) is 0 Å². The van der Waals surface area contributed by atoms with Crippen LogP contribution in [0, 0.1) is 0 Å². The van der Waals surface area contributed by atoms with Crippen LogP contribution < -0.4 is 6.15 Å². The van der Waals surface area contributed by atoms with Gasteiger partial charge in [0.15, 0.2) is 0 Å². The van der Waals surface area contributed by atoms with Gasteiger partial charge in [0.25, 0.3) is 23.9 Å². The molecule has 0 aliphatic carbocycles. The number of hydrogen-bond donors (Lipinski definition) is 5. The molecule has 9 heteroatoms. The summed E-state index contributed by atoms with van der Waals surface area (Å²) in [4.78, 5) is 36.0. The molecule has 0 spiro atoms. The summed E-state index contributed by atoms with van der Waals surface area (Å²) in [5, 5.41) is 29.7. The topological polar surface area (TPSA) is 184 Å². The van der Waals surface area contributed by atoms with Gasteiger partial charge in [-0.2, -0.15) is 0 Å². The lowest BCUT2D eigenvalue weighted by molar-refractivity contribution is -0.135. The molecule has 9 nitrogen and oxygen atoms in total. The fourth-order valence-corrected chi connectivity index (χ4v) is 0. The minimum Gasteiger partial charge on any atom is -0.481 e. The molecule has 0 saturated heterocycles. The molecule has 0 unspecified atom stereocenters. The highest BCUT2D eigenvalue weighted by molar-refractivity contribution is 5.63. The first kappa shape index (κ1) is 29.4. The van der Waals surface area contributed by atoms with Crippen molar-refractivity contribution in [3.63, 3.8) is 0 Å². The Hall–Kier alpha value is -2.16. The SMILES string of the molecule is CC(=O)O.CC(=O)O.CC(=O)O.CC(=O)O.N. The molecule has 0 heterocycles. The number of carboxylic acids is 4. The van der Waals surface area contributed by atoms with E-state index in [1.54, 1.807) is 0 Å². The average Bonchev–Trinajstić information content (AvgIpc) is 1.76. The molecule has 17 heavy (non-hydrogen) atoms. The molecular weight excluding hydrogens is 238 g/mol. The molecule has 7 N–H and O–H groups in total. The molecule has 0 aliphatic heterocycles. The van der Waals surface area contributed by atoms with Crippen LogP contribution in [0.4, 0.5) is 0 Å². The molecule has 0 atom stereocenters. The zero-order chi connectivity index (χ0) is 14.3. The van der Waals surface area contributed by atoms with Crippen molar-refractivity contribution in [3.8, 4) is 0 Å². The van der Waals surface area contributed by atoms with E-state index in [1.165, 1.54) is 0 Å². The van der Waals surface area contributed by atoms with Crippen molar-refractivity contribution in [1.82, 2.24) is 6.15 Å². The molecule has 0 aromatic heterocycles. The molecule has 0 aromatic carbocycles. The van der Waals surface area contributed by atoms with Gasteiger partial charge in [0, 0.05) is 27.7 Å². The van der Waals surface area contributed by atoms with Gasteiger partial charge in [-0.1, -0.05) is 0 Å². The van der Waals surface area contributed by atoms with E-state index >= 15 is 0 Å². The lowest BCUT2D eigenvalue weighted by atomic mass is 10.9. The van der Waals surface area contributed by atoms with E-state index in [0.29, 0.717) is 0 Å². The van der Waals surface area contributed by atoms with Gasteiger partial charge < -0.3 is 26.6 Å². The normalized spacial score (nSPS) is 5.88. The molecule has 0 aromatic rings. The molecule has 0 aliphatic rings. The highest BCUT2D eigenvalue weighted by atomic mass is 16.4. The minimum absolute atomic E-state index is 0. The van der Waals surface area contributed by atoms with Crippen molar-refractivity contribution in [2.45, 2.75) is 27.7 Å². The second kappa shape index (κ2) is 23.6. The second-order valence-corrected chi connectivity index (χ2v) is 2.08. The lowest BCUT2D eigenvalue weighted by Gasteiger charge is -1.59. The third kappa shape index (κ3) is 416. The van der Waals surface area contributed by atoms with E-state index in [1.807, 2.05) is 0 Å². The third-order valence-corrected chi connectivity index (χ3v) is 0.